The molecule has 2 aromatic carbocycles. The number of fused-ring (bicyclic) bond motifs is 3. The molecule has 0 aliphatic heterocycles. The van der Waals surface area contributed by atoms with E-state index in [1.807, 2.05) is 31.2 Å². The van der Waals surface area contributed by atoms with Gasteiger partial charge in [0.1, 0.15) is 5.82 Å². The highest BCUT2D eigenvalue weighted by molar-refractivity contribution is 9.10. The van der Waals surface area contributed by atoms with Gasteiger partial charge in [0, 0.05) is 33.0 Å². The average Bonchev–Trinajstić information content (AvgIpc) is 2.98. The third-order valence-corrected chi connectivity index (χ3v) is 6.87. The molecule has 0 saturated carbocycles. The Morgan fingerprint density at radius 2 is 2.07 bits per heavy atom. The minimum atomic E-state index is -0.765. The Labute approximate surface area is 182 Å². The monoisotopic (exact) mass is 477 g/mol. The van der Waals surface area contributed by atoms with Gasteiger partial charge >= 0.3 is 5.97 Å². The molecule has 3 aromatic rings. The zero-order valence-electron chi connectivity index (χ0n) is 16.1. The summed E-state index contributed by atoms with van der Waals surface area (Å²) in [6.45, 7) is 2.51. The van der Waals surface area contributed by atoms with Crippen molar-refractivity contribution in [1.29, 1.82) is 0 Å². The summed E-state index contributed by atoms with van der Waals surface area (Å²) in [6.07, 6.45) is 3.14. The van der Waals surface area contributed by atoms with Crippen LogP contribution in [0.3, 0.4) is 0 Å². The van der Waals surface area contributed by atoms with Gasteiger partial charge in [0.15, 0.2) is 0 Å². The Hall–Kier alpha value is -1.85. The van der Waals surface area contributed by atoms with E-state index in [0.29, 0.717) is 22.5 Å². The first-order valence-electron chi connectivity index (χ1n) is 9.88. The van der Waals surface area contributed by atoms with Crippen LogP contribution < -0.4 is 0 Å². The van der Waals surface area contributed by atoms with Crippen molar-refractivity contribution in [2.45, 2.75) is 45.1 Å². The molecule has 4 rings (SSSR count). The lowest BCUT2D eigenvalue weighted by molar-refractivity contribution is -0.142. The van der Waals surface area contributed by atoms with Crippen molar-refractivity contribution in [1.82, 2.24) is 4.57 Å². The van der Waals surface area contributed by atoms with Crippen LogP contribution in [-0.4, -0.2) is 15.6 Å². The fourth-order valence-corrected chi connectivity index (χ4v) is 5.55. The SMILES string of the molecule is CCC(C(=O)O)C1CCCc2c1n(Cc1ccc(Cl)cc1)c1c(Br)cc(F)cc21. The molecule has 3 nitrogen and oxygen atoms in total. The summed E-state index contributed by atoms with van der Waals surface area (Å²) >= 11 is 9.60. The van der Waals surface area contributed by atoms with Crippen LogP contribution in [0.2, 0.25) is 5.02 Å². The second-order valence-electron chi connectivity index (χ2n) is 7.71. The van der Waals surface area contributed by atoms with Crippen molar-refractivity contribution in [3.63, 3.8) is 0 Å². The topological polar surface area (TPSA) is 42.2 Å². The fraction of sp³-hybridized carbons (Fsp3) is 0.348. The highest BCUT2D eigenvalue weighted by Gasteiger charge is 2.36. The van der Waals surface area contributed by atoms with Gasteiger partial charge in [0.2, 0.25) is 0 Å². The van der Waals surface area contributed by atoms with Gasteiger partial charge in [-0.2, -0.15) is 0 Å². The maximum atomic E-state index is 14.3. The summed E-state index contributed by atoms with van der Waals surface area (Å²) in [5.74, 6) is -1.59. The third-order valence-electron chi connectivity index (χ3n) is 6.01. The van der Waals surface area contributed by atoms with Gasteiger partial charge < -0.3 is 9.67 Å². The molecule has 0 spiro atoms. The number of hydrogen-bond acceptors (Lipinski definition) is 1. The zero-order chi connectivity index (χ0) is 20.7. The standard InChI is InChI=1S/C23H22BrClFNO2/c1-2-16(23(28)29)17-4-3-5-18-19-10-15(26)11-20(24)22(19)27(21(17)18)12-13-6-8-14(25)9-7-13/h6-11,16-17H,2-5,12H2,1H3,(H,28,29). The van der Waals surface area contributed by atoms with E-state index in [0.717, 1.165) is 47.0 Å². The Morgan fingerprint density at radius 1 is 1.34 bits per heavy atom. The molecule has 29 heavy (non-hydrogen) atoms. The van der Waals surface area contributed by atoms with E-state index >= 15 is 0 Å². The first kappa shape index (κ1) is 20.4. The lowest BCUT2D eigenvalue weighted by Crippen LogP contribution is -2.27. The van der Waals surface area contributed by atoms with Gasteiger partial charge in [0.25, 0.3) is 0 Å². The van der Waals surface area contributed by atoms with Gasteiger partial charge in [-0.15, -0.1) is 0 Å². The molecule has 2 unspecified atom stereocenters. The summed E-state index contributed by atoms with van der Waals surface area (Å²) in [4.78, 5) is 12.0. The van der Waals surface area contributed by atoms with Crippen molar-refractivity contribution in [3.05, 3.63) is 68.5 Å². The van der Waals surface area contributed by atoms with E-state index in [1.165, 1.54) is 6.07 Å². The summed E-state index contributed by atoms with van der Waals surface area (Å²) in [7, 11) is 0. The normalized spacial score (nSPS) is 17.3. The summed E-state index contributed by atoms with van der Waals surface area (Å²) in [5.41, 5.74) is 4.13. The van der Waals surface area contributed by atoms with Gasteiger partial charge in [-0.05, 0) is 77.0 Å². The summed E-state index contributed by atoms with van der Waals surface area (Å²) in [5, 5.41) is 11.4. The number of aryl methyl sites for hydroxylation is 1. The van der Waals surface area contributed by atoms with Crippen LogP contribution in [0.25, 0.3) is 10.9 Å². The minimum absolute atomic E-state index is 0.0871. The van der Waals surface area contributed by atoms with E-state index in [9.17, 15) is 14.3 Å². The molecule has 1 heterocycles. The second-order valence-corrected chi connectivity index (χ2v) is 9.00. The predicted octanol–water partition coefficient (Wildman–Crippen LogP) is 6.78. The summed E-state index contributed by atoms with van der Waals surface area (Å²) < 4.78 is 17.1. The Bertz CT molecular complexity index is 1080. The summed E-state index contributed by atoms with van der Waals surface area (Å²) in [6, 6.07) is 10.7. The van der Waals surface area contributed by atoms with E-state index in [2.05, 4.69) is 20.5 Å². The highest BCUT2D eigenvalue weighted by atomic mass is 79.9. The van der Waals surface area contributed by atoms with Gasteiger partial charge in [0.05, 0.1) is 11.4 Å². The molecule has 0 fully saturated rings. The number of rotatable bonds is 5. The molecular formula is C23H22BrClFNO2. The van der Waals surface area contributed by atoms with Crippen molar-refractivity contribution in [2.24, 2.45) is 5.92 Å². The van der Waals surface area contributed by atoms with E-state index in [1.54, 1.807) is 6.07 Å². The van der Waals surface area contributed by atoms with Gasteiger partial charge in [-0.25, -0.2) is 4.39 Å². The Morgan fingerprint density at radius 3 is 2.72 bits per heavy atom. The number of halogens is 3. The first-order valence-corrected chi connectivity index (χ1v) is 11.0. The molecule has 6 heteroatoms. The van der Waals surface area contributed by atoms with Crippen LogP contribution in [0.4, 0.5) is 4.39 Å². The van der Waals surface area contributed by atoms with E-state index < -0.39 is 11.9 Å². The molecule has 0 amide bonds. The molecule has 152 valence electrons. The Kier molecular flexibility index (Phi) is 5.71. The third kappa shape index (κ3) is 3.71. The van der Waals surface area contributed by atoms with Crippen LogP contribution >= 0.6 is 27.5 Å². The van der Waals surface area contributed by atoms with Crippen LogP contribution in [0.1, 0.15) is 48.9 Å². The number of carboxylic acid groups (broad SMARTS) is 1. The van der Waals surface area contributed by atoms with Crippen LogP contribution in [0.15, 0.2) is 40.9 Å². The maximum Gasteiger partial charge on any atom is 0.307 e. The first-order chi connectivity index (χ1) is 13.9. The van der Waals surface area contributed by atoms with Gasteiger partial charge in [-0.3, -0.25) is 4.79 Å². The van der Waals surface area contributed by atoms with Crippen molar-refractivity contribution in [3.8, 4) is 0 Å². The second kappa shape index (κ2) is 8.11. The number of nitrogens with zero attached hydrogens (tertiary/aromatic N) is 1. The van der Waals surface area contributed by atoms with Crippen molar-refractivity contribution >= 4 is 44.4 Å². The number of aliphatic carboxylic acids is 1. The van der Waals surface area contributed by atoms with Crippen molar-refractivity contribution in [2.75, 3.05) is 0 Å². The average molecular weight is 479 g/mol. The fourth-order valence-electron chi connectivity index (χ4n) is 4.77. The Balaban J connectivity index is 1.97. The smallest absolute Gasteiger partial charge is 0.307 e. The molecule has 0 bridgehead atoms. The molecule has 1 N–H and O–H groups in total. The lowest BCUT2D eigenvalue weighted by atomic mass is 9.77. The number of aromatic nitrogens is 1. The maximum absolute atomic E-state index is 14.3. The number of carboxylic acids is 1. The highest BCUT2D eigenvalue weighted by Crippen LogP contribution is 2.45. The number of benzene rings is 2. The largest absolute Gasteiger partial charge is 0.481 e. The van der Waals surface area contributed by atoms with Gasteiger partial charge in [-0.1, -0.05) is 30.7 Å². The van der Waals surface area contributed by atoms with E-state index in [-0.39, 0.29) is 11.7 Å². The lowest BCUT2D eigenvalue weighted by Gasteiger charge is -2.30. The van der Waals surface area contributed by atoms with Crippen LogP contribution in [0, 0.1) is 11.7 Å². The molecule has 0 saturated heterocycles. The van der Waals surface area contributed by atoms with Crippen molar-refractivity contribution < 1.29 is 14.3 Å². The molecule has 2 atom stereocenters. The minimum Gasteiger partial charge on any atom is -0.481 e. The molecule has 1 aromatic heterocycles. The molecule has 1 aliphatic rings. The molecule has 0 radical (unpaired) electrons. The van der Waals surface area contributed by atoms with E-state index in [4.69, 9.17) is 11.6 Å². The number of hydrogen-bond donors (Lipinski definition) is 1. The molecular weight excluding hydrogens is 457 g/mol. The van der Waals surface area contributed by atoms with Crippen LogP contribution in [-0.2, 0) is 17.8 Å². The number of carbonyl (C=O) groups is 1. The quantitative estimate of drug-likeness (QED) is 0.439. The molecule has 1 aliphatic carbocycles. The predicted molar refractivity (Wildman–Crippen MR) is 117 cm³/mol. The van der Waals surface area contributed by atoms with Crippen LogP contribution in [0.5, 0.6) is 0 Å². The zero-order valence-corrected chi connectivity index (χ0v) is 18.4.